The first-order valence-corrected chi connectivity index (χ1v) is 2.71. The van der Waals surface area contributed by atoms with Crippen molar-refractivity contribution >= 4 is 6.29 Å². The van der Waals surface area contributed by atoms with Gasteiger partial charge in [0.2, 0.25) is 0 Å². The van der Waals surface area contributed by atoms with Crippen LogP contribution < -0.4 is 0 Å². The molecule has 0 aliphatic rings. The first-order chi connectivity index (χ1) is 4.79. The molecule has 0 radical (unpaired) electrons. The Balaban J connectivity index is 0. The van der Waals surface area contributed by atoms with Crippen LogP contribution in [0.25, 0.3) is 0 Å². The summed E-state index contributed by atoms with van der Waals surface area (Å²) in [5.74, 6) is 0. The lowest BCUT2D eigenvalue weighted by Crippen LogP contribution is -2.04. The number of carbonyl (C=O) groups is 1. The summed E-state index contributed by atoms with van der Waals surface area (Å²) < 4.78 is 52.6. The van der Waals surface area contributed by atoms with E-state index >= 15 is 0 Å². The van der Waals surface area contributed by atoms with Crippen LogP contribution in [0.4, 0.5) is 26.7 Å². The molecular formula is C5H7F5O. The highest BCUT2D eigenvalue weighted by Crippen LogP contribution is 2.20. The van der Waals surface area contributed by atoms with E-state index in [0.717, 1.165) is 0 Å². The second-order valence-electron chi connectivity index (χ2n) is 1.59. The van der Waals surface area contributed by atoms with E-state index in [2.05, 4.69) is 0 Å². The van der Waals surface area contributed by atoms with Crippen LogP contribution in [-0.4, -0.2) is 12.5 Å². The molecule has 0 saturated carbocycles. The zero-order chi connectivity index (χ0) is 9.49. The summed E-state index contributed by atoms with van der Waals surface area (Å²) in [5, 5.41) is 0. The molecule has 0 atom stereocenters. The van der Waals surface area contributed by atoms with Gasteiger partial charge in [0.05, 0.1) is 0 Å². The third-order valence-corrected chi connectivity index (χ3v) is 0.533. The zero-order valence-corrected chi connectivity index (χ0v) is 5.71. The number of halogens is 5. The fourth-order valence-corrected chi connectivity index (χ4v) is 0.283. The SMILES string of the molecule is CCCC(F)(F)F.O=C(F)F. The lowest BCUT2D eigenvalue weighted by molar-refractivity contribution is -0.134. The van der Waals surface area contributed by atoms with Crippen LogP contribution in [0.1, 0.15) is 19.8 Å². The molecule has 0 spiro atoms. The van der Waals surface area contributed by atoms with Gasteiger partial charge in [0, 0.05) is 6.42 Å². The van der Waals surface area contributed by atoms with Gasteiger partial charge in [-0.05, 0) is 6.42 Å². The molecule has 11 heavy (non-hydrogen) atoms. The van der Waals surface area contributed by atoms with Gasteiger partial charge in [0.25, 0.3) is 0 Å². The minimum absolute atomic E-state index is 0.184. The standard InChI is InChI=1S/C4H7F3.CF2O/c1-2-3-4(5,6)7;2-1(3)4/h2-3H2,1H3;. The molecule has 0 heterocycles. The van der Waals surface area contributed by atoms with Gasteiger partial charge in [0.15, 0.2) is 0 Å². The largest absolute Gasteiger partial charge is 0.483 e. The van der Waals surface area contributed by atoms with E-state index in [0.29, 0.717) is 0 Å². The van der Waals surface area contributed by atoms with Crippen molar-refractivity contribution in [2.24, 2.45) is 0 Å². The van der Waals surface area contributed by atoms with Crippen LogP contribution in [0.15, 0.2) is 0 Å². The highest BCUT2D eigenvalue weighted by molar-refractivity contribution is 5.55. The van der Waals surface area contributed by atoms with Crippen LogP contribution >= 0.6 is 0 Å². The van der Waals surface area contributed by atoms with Crippen molar-refractivity contribution in [1.82, 2.24) is 0 Å². The van der Waals surface area contributed by atoms with Crippen molar-refractivity contribution in [2.45, 2.75) is 25.9 Å². The molecule has 68 valence electrons. The Hall–Kier alpha value is -0.680. The van der Waals surface area contributed by atoms with Gasteiger partial charge in [-0.1, -0.05) is 6.92 Å². The number of hydrogen-bond acceptors (Lipinski definition) is 1. The second-order valence-corrected chi connectivity index (χ2v) is 1.59. The van der Waals surface area contributed by atoms with Gasteiger partial charge >= 0.3 is 12.5 Å². The van der Waals surface area contributed by atoms with Gasteiger partial charge in [-0.25, -0.2) is 4.79 Å². The normalized spacial score (nSPS) is 10.0. The van der Waals surface area contributed by atoms with Gasteiger partial charge in [0.1, 0.15) is 0 Å². The minimum Gasteiger partial charge on any atom is -0.219 e. The molecule has 1 nitrogen and oxygen atoms in total. The third-order valence-electron chi connectivity index (χ3n) is 0.533. The summed E-state index contributed by atoms with van der Waals surface area (Å²) in [7, 11) is 0. The average molecular weight is 178 g/mol. The molecule has 0 fully saturated rings. The highest BCUT2D eigenvalue weighted by Gasteiger charge is 2.24. The fraction of sp³-hybridized carbons (Fsp3) is 0.800. The molecule has 6 heteroatoms. The first kappa shape index (κ1) is 12.9. The lowest BCUT2D eigenvalue weighted by Gasteiger charge is -2.00. The van der Waals surface area contributed by atoms with Crippen LogP contribution in [0.3, 0.4) is 0 Å². The molecule has 0 aromatic carbocycles. The molecule has 0 unspecified atom stereocenters. The fourth-order valence-electron chi connectivity index (χ4n) is 0.283. The zero-order valence-electron chi connectivity index (χ0n) is 5.71. The van der Waals surface area contributed by atoms with Gasteiger partial charge in [-0.15, -0.1) is 8.78 Å². The number of hydrogen-bond donors (Lipinski definition) is 0. The van der Waals surface area contributed by atoms with Crippen LogP contribution in [0.2, 0.25) is 0 Å². The quantitative estimate of drug-likeness (QED) is 0.444. The smallest absolute Gasteiger partial charge is 0.219 e. The maximum atomic E-state index is 11.1. The Morgan fingerprint density at radius 1 is 1.27 bits per heavy atom. The van der Waals surface area contributed by atoms with E-state index in [-0.39, 0.29) is 6.42 Å². The Morgan fingerprint density at radius 2 is 1.55 bits per heavy atom. The summed E-state index contributed by atoms with van der Waals surface area (Å²) in [6.07, 6.45) is -7.26. The Labute approximate surface area is 60.2 Å². The van der Waals surface area contributed by atoms with E-state index in [9.17, 15) is 22.0 Å². The minimum atomic E-state index is -3.95. The molecular weight excluding hydrogens is 171 g/mol. The maximum absolute atomic E-state index is 11.1. The topological polar surface area (TPSA) is 17.1 Å². The predicted molar refractivity (Wildman–Crippen MR) is 28.6 cm³/mol. The maximum Gasteiger partial charge on any atom is 0.483 e. The van der Waals surface area contributed by atoms with Gasteiger partial charge in [-0.2, -0.15) is 13.2 Å². The van der Waals surface area contributed by atoms with Crippen molar-refractivity contribution in [2.75, 3.05) is 0 Å². The van der Waals surface area contributed by atoms with Crippen molar-refractivity contribution in [3.8, 4) is 0 Å². The Bertz CT molecular complexity index is 104. The summed E-state index contributed by atoms with van der Waals surface area (Å²) in [6.45, 7) is 1.51. The predicted octanol–water partition coefficient (Wildman–Crippen LogP) is 3.39. The first-order valence-electron chi connectivity index (χ1n) is 2.71. The highest BCUT2D eigenvalue weighted by atomic mass is 19.4. The van der Waals surface area contributed by atoms with E-state index < -0.39 is 18.9 Å². The Kier molecular flexibility index (Phi) is 7.13. The van der Waals surface area contributed by atoms with Crippen molar-refractivity contribution in [3.63, 3.8) is 0 Å². The molecule has 0 saturated heterocycles. The van der Waals surface area contributed by atoms with Crippen molar-refractivity contribution < 1.29 is 26.7 Å². The molecule has 0 aliphatic heterocycles. The molecule has 0 aromatic rings. The van der Waals surface area contributed by atoms with E-state index in [4.69, 9.17) is 4.79 Å². The van der Waals surface area contributed by atoms with E-state index in [1.807, 2.05) is 0 Å². The van der Waals surface area contributed by atoms with Crippen LogP contribution in [0, 0.1) is 0 Å². The van der Waals surface area contributed by atoms with Crippen LogP contribution in [-0.2, 0) is 0 Å². The number of alkyl halides is 3. The number of rotatable bonds is 1. The second kappa shape index (κ2) is 6.06. The summed E-state index contributed by atoms with van der Waals surface area (Å²) in [4.78, 5) is 8.11. The summed E-state index contributed by atoms with van der Waals surface area (Å²) in [5.41, 5.74) is 0. The lowest BCUT2D eigenvalue weighted by atomic mass is 10.3. The van der Waals surface area contributed by atoms with Gasteiger partial charge in [-0.3, -0.25) is 0 Å². The molecule has 0 aliphatic carbocycles. The molecule has 0 rings (SSSR count). The molecule has 0 amide bonds. The molecule has 0 aromatic heterocycles. The van der Waals surface area contributed by atoms with Crippen molar-refractivity contribution in [1.29, 1.82) is 0 Å². The Morgan fingerprint density at radius 3 is 1.55 bits per heavy atom. The third kappa shape index (κ3) is 45.3. The summed E-state index contributed by atoms with van der Waals surface area (Å²) >= 11 is 0. The molecule has 0 N–H and O–H groups in total. The van der Waals surface area contributed by atoms with E-state index in [1.54, 1.807) is 0 Å². The number of carbonyl (C=O) groups excluding carboxylic acids is 1. The van der Waals surface area contributed by atoms with E-state index in [1.165, 1.54) is 6.92 Å². The average Bonchev–Trinajstić information content (AvgIpc) is 1.58. The molecule has 0 bridgehead atoms. The summed E-state index contributed by atoms with van der Waals surface area (Å²) in [6, 6.07) is 0. The van der Waals surface area contributed by atoms with Crippen molar-refractivity contribution in [3.05, 3.63) is 0 Å². The monoisotopic (exact) mass is 178 g/mol. The van der Waals surface area contributed by atoms with Gasteiger partial charge < -0.3 is 0 Å². The van der Waals surface area contributed by atoms with Crippen LogP contribution in [0.5, 0.6) is 0 Å².